The number of fused-ring (bicyclic) bond motifs is 5. The van der Waals surface area contributed by atoms with Gasteiger partial charge in [-0.2, -0.15) is 0 Å². The van der Waals surface area contributed by atoms with Gasteiger partial charge in [-0.3, -0.25) is 0 Å². The van der Waals surface area contributed by atoms with Crippen molar-refractivity contribution >= 4 is 37.5 Å². The number of hydrogen-bond donors (Lipinski definition) is 1. The normalized spacial score (nSPS) is 39.6. The van der Waals surface area contributed by atoms with Crippen molar-refractivity contribution in [2.75, 3.05) is 5.32 Å². The number of nitrogens with one attached hydrogen (secondary N) is 1. The lowest BCUT2D eigenvalue weighted by molar-refractivity contribution is 0.243. The van der Waals surface area contributed by atoms with E-state index in [0.717, 1.165) is 23.7 Å². The van der Waals surface area contributed by atoms with E-state index >= 15 is 0 Å². The average Bonchev–Trinajstić information content (AvgIpc) is 3.05. The highest BCUT2D eigenvalue weighted by Gasteiger charge is 2.53. The lowest BCUT2D eigenvalue weighted by atomic mass is 9.79. The first-order chi connectivity index (χ1) is 9.24. The molecule has 1 aromatic carbocycles. The van der Waals surface area contributed by atoms with Crippen molar-refractivity contribution in [2.24, 2.45) is 23.7 Å². The van der Waals surface area contributed by atoms with Crippen LogP contribution >= 0.6 is 31.9 Å². The van der Waals surface area contributed by atoms with Crippen molar-refractivity contribution in [3.05, 3.63) is 27.1 Å². The second-order valence-electron chi connectivity index (χ2n) is 6.50. The van der Waals surface area contributed by atoms with Gasteiger partial charge in [0.25, 0.3) is 0 Å². The van der Waals surface area contributed by atoms with Gasteiger partial charge in [-0.25, -0.2) is 0 Å². The summed E-state index contributed by atoms with van der Waals surface area (Å²) in [5.74, 6) is 4.04. The minimum absolute atomic E-state index is 0.694. The van der Waals surface area contributed by atoms with E-state index in [4.69, 9.17) is 0 Å². The highest BCUT2D eigenvalue weighted by molar-refractivity contribution is 9.11. The first-order valence-electron chi connectivity index (χ1n) is 7.44. The van der Waals surface area contributed by atoms with Gasteiger partial charge < -0.3 is 5.32 Å². The Balaban J connectivity index is 1.56. The van der Waals surface area contributed by atoms with Gasteiger partial charge in [0.05, 0.1) is 5.69 Å². The fourth-order valence-electron chi connectivity index (χ4n) is 5.06. The summed E-state index contributed by atoms with van der Waals surface area (Å²) in [5.41, 5.74) is 1.24. The maximum atomic E-state index is 3.83. The van der Waals surface area contributed by atoms with Crippen LogP contribution < -0.4 is 5.32 Å². The molecule has 3 aliphatic rings. The molecule has 2 bridgehead atoms. The van der Waals surface area contributed by atoms with E-state index < -0.39 is 0 Å². The van der Waals surface area contributed by atoms with Crippen LogP contribution in [0, 0.1) is 23.7 Å². The summed E-state index contributed by atoms with van der Waals surface area (Å²) in [6.45, 7) is 0. The number of anilines is 1. The molecule has 0 aromatic heterocycles. The lowest BCUT2D eigenvalue weighted by Gasteiger charge is -2.33. The molecule has 3 fully saturated rings. The Kier molecular flexibility index (Phi) is 3.19. The summed E-state index contributed by atoms with van der Waals surface area (Å²) in [7, 11) is 0. The van der Waals surface area contributed by atoms with Crippen LogP contribution in [0.1, 0.15) is 32.1 Å². The van der Waals surface area contributed by atoms with Gasteiger partial charge in [0.2, 0.25) is 0 Å². The van der Waals surface area contributed by atoms with Crippen LogP contribution in [0.25, 0.3) is 0 Å². The van der Waals surface area contributed by atoms with Crippen LogP contribution in [-0.2, 0) is 0 Å². The molecule has 0 amide bonds. The van der Waals surface area contributed by atoms with Crippen molar-refractivity contribution in [2.45, 2.75) is 38.1 Å². The van der Waals surface area contributed by atoms with E-state index in [1.165, 1.54) is 46.7 Å². The molecule has 4 rings (SSSR count). The highest BCUT2D eigenvalue weighted by atomic mass is 79.9. The summed E-state index contributed by atoms with van der Waals surface area (Å²) in [5, 5.41) is 3.83. The molecule has 19 heavy (non-hydrogen) atoms. The average molecular weight is 385 g/mol. The Bertz CT molecular complexity index is 481. The minimum Gasteiger partial charge on any atom is -0.380 e. The molecule has 0 heterocycles. The molecule has 0 saturated heterocycles. The van der Waals surface area contributed by atoms with Crippen molar-refractivity contribution in [1.29, 1.82) is 0 Å². The number of halogens is 2. The molecule has 0 spiro atoms. The van der Waals surface area contributed by atoms with Crippen LogP contribution in [0.3, 0.4) is 0 Å². The monoisotopic (exact) mass is 383 g/mol. The quantitative estimate of drug-likeness (QED) is 0.714. The van der Waals surface area contributed by atoms with Crippen LogP contribution in [0.4, 0.5) is 5.69 Å². The smallest absolute Gasteiger partial charge is 0.0631 e. The van der Waals surface area contributed by atoms with E-state index in [-0.39, 0.29) is 0 Å². The molecule has 3 aliphatic carbocycles. The maximum absolute atomic E-state index is 3.83. The third-order valence-corrected chi connectivity index (χ3v) is 7.04. The van der Waals surface area contributed by atoms with Gasteiger partial charge in [-0.1, -0.05) is 12.5 Å². The van der Waals surface area contributed by atoms with Crippen LogP contribution in [-0.4, -0.2) is 6.04 Å². The fraction of sp³-hybridized carbons (Fsp3) is 0.625. The molecule has 1 N–H and O–H groups in total. The van der Waals surface area contributed by atoms with Gasteiger partial charge in [-0.05, 0) is 93.3 Å². The van der Waals surface area contributed by atoms with Crippen molar-refractivity contribution < 1.29 is 0 Å². The zero-order valence-corrected chi connectivity index (χ0v) is 14.1. The van der Waals surface area contributed by atoms with Crippen molar-refractivity contribution in [3.8, 4) is 0 Å². The minimum atomic E-state index is 0.694. The van der Waals surface area contributed by atoms with E-state index in [0.29, 0.717) is 6.04 Å². The molecule has 1 nitrogen and oxygen atoms in total. The Morgan fingerprint density at radius 3 is 2.47 bits per heavy atom. The van der Waals surface area contributed by atoms with Gasteiger partial charge >= 0.3 is 0 Å². The lowest BCUT2D eigenvalue weighted by Crippen LogP contribution is -2.34. The van der Waals surface area contributed by atoms with Crippen LogP contribution in [0.2, 0.25) is 0 Å². The standard InChI is InChI=1S/C16H19Br2N/c17-13-5-2-6-14(18)16(13)19-15-8-9-7-12(15)11-4-1-3-10(9)11/h2,5-6,9-12,15,19H,1,3-4,7-8H2. The molecule has 5 atom stereocenters. The number of rotatable bonds is 2. The molecular weight excluding hydrogens is 366 g/mol. The third kappa shape index (κ3) is 1.99. The second-order valence-corrected chi connectivity index (χ2v) is 8.21. The maximum Gasteiger partial charge on any atom is 0.0631 e. The fourth-order valence-corrected chi connectivity index (χ4v) is 6.28. The highest BCUT2D eigenvalue weighted by Crippen LogP contribution is 2.59. The van der Waals surface area contributed by atoms with Crippen LogP contribution in [0.5, 0.6) is 0 Å². The molecular formula is C16H19Br2N. The zero-order valence-electron chi connectivity index (χ0n) is 10.9. The van der Waals surface area contributed by atoms with E-state index in [9.17, 15) is 0 Å². The van der Waals surface area contributed by atoms with Gasteiger partial charge in [0.15, 0.2) is 0 Å². The largest absolute Gasteiger partial charge is 0.380 e. The van der Waals surface area contributed by atoms with Crippen molar-refractivity contribution in [3.63, 3.8) is 0 Å². The molecule has 3 saturated carbocycles. The summed E-state index contributed by atoms with van der Waals surface area (Å²) < 4.78 is 2.35. The molecule has 5 unspecified atom stereocenters. The summed E-state index contributed by atoms with van der Waals surface area (Å²) >= 11 is 7.34. The third-order valence-electron chi connectivity index (χ3n) is 5.72. The van der Waals surface area contributed by atoms with E-state index in [1.54, 1.807) is 0 Å². The number of benzene rings is 1. The van der Waals surface area contributed by atoms with E-state index in [2.05, 4.69) is 55.4 Å². The predicted octanol–water partition coefficient (Wildman–Crippen LogP) is 5.45. The topological polar surface area (TPSA) is 12.0 Å². The summed E-state index contributed by atoms with van der Waals surface area (Å²) in [6.07, 6.45) is 7.35. The van der Waals surface area contributed by atoms with Crippen LogP contribution in [0.15, 0.2) is 27.1 Å². The molecule has 3 heteroatoms. The number of hydrogen-bond acceptors (Lipinski definition) is 1. The molecule has 1 aromatic rings. The van der Waals surface area contributed by atoms with Gasteiger partial charge in [-0.15, -0.1) is 0 Å². The first kappa shape index (κ1) is 12.7. The Morgan fingerprint density at radius 2 is 1.68 bits per heavy atom. The summed E-state index contributed by atoms with van der Waals surface area (Å²) in [6, 6.07) is 7.02. The van der Waals surface area contributed by atoms with Gasteiger partial charge in [0.1, 0.15) is 0 Å². The second kappa shape index (κ2) is 4.77. The number of para-hydroxylation sites is 1. The molecule has 102 valence electrons. The summed E-state index contributed by atoms with van der Waals surface area (Å²) in [4.78, 5) is 0. The molecule has 0 aliphatic heterocycles. The first-order valence-corrected chi connectivity index (χ1v) is 9.03. The predicted molar refractivity (Wildman–Crippen MR) is 86.3 cm³/mol. The van der Waals surface area contributed by atoms with Gasteiger partial charge in [0, 0.05) is 15.0 Å². The van der Waals surface area contributed by atoms with Crippen molar-refractivity contribution in [1.82, 2.24) is 0 Å². The molecule has 0 radical (unpaired) electrons. The van der Waals surface area contributed by atoms with E-state index in [1.807, 2.05) is 0 Å². The zero-order chi connectivity index (χ0) is 13.0. The Morgan fingerprint density at radius 1 is 0.947 bits per heavy atom. The Labute approximate surface area is 131 Å². The SMILES string of the molecule is Brc1cccc(Br)c1NC1CC2CC1C1CCCC21. The Hall–Kier alpha value is -0.0200.